The van der Waals surface area contributed by atoms with Crippen LogP contribution in [0.25, 0.3) is 0 Å². The molecule has 0 unspecified atom stereocenters. The van der Waals surface area contributed by atoms with Gasteiger partial charge in [0.15, 0.2) is 11.6 Å². The second kappa shape index (κ2) is 7.66. The van der Waals surface area contributed by atoms with Gasteiger partial charge in [-0.1, -0.05) is 6.07 Å². The maximum atomic E-state index is 13.6. The van der Waals surface area contributed by atoms with Crippen molar-refractivity contribution in [3.63, 3.8) is 0 Å². The van der Waals surface area contributed by atoms with E-state index in [0.29, 0.717) is 19.5 Å². The molecule has 0 aliphatic heterocycles. The minimum absolute atomic E-state index is 0.0994. The van der Waals surface area contributed by atoms with Crippen molar-refractivity contribution in [1.29, 1.82) is 0 Å². The van der Waals surface area contributed by atoms with Crippen LogP contribution in [0.3, 0.4) is 0 Å². The van der Waals surface area contributed by atoms with Crippen LogP contribution in [0, 0.1) is 5.82 Å². The van der Waals surface area contributed by atoms with E-state index < -0.39 is 5.82 Å². The number of rotatable bonds is 7. The molecular formula is C13H19FN2O2. The normalized spacial score (nSPS) is 10.2. The zero-order valence-electron chi connectivity index (χ0n) is 10.5. The second-order valence-corrected chi connectivity index (χ2v) is 3.86. The van der Waals surface area contributed by atoms with E-state index in [-0.39, 0.29) is 24.7 Å². The summed E-state index contributed by atoms with van der Waals surface area (Å²) in [5, 5.41) is 2.65. The summed E-state index contributed by atoms with van der Waals surface area (Å²) < 4.78 is 18.8. The van der Waals surface area contributed by atoms with Gasteiger partial charge in [0, 0.05) is 6.54 Å². The van der Waals surface area contributed by atoms with Crippen LogP contribution in [0.4, 0.5) is 4.39 Å². The highest BCUT2D eigenvalue weighted by Gasteiger charge is 2.06. The smallest absolute Gasteiger partial charge is 0.223 e. The predicted octanol–water partition coefficient (Wildman–Crippen LogP) is 1.23. The van der Waals surface area contributed by atoms with Gasteiger partial charge in [0.1, 0.15) is 0 Å². The van der Waals surface area contributed by atoms with Gasteiger partial charge >= 0.3 is 0 Å². The lowest BCUT2D eigenvalue weighted by molar-refractivity contribution is -0.121. The van der Waals surface area contributed by atoms with Gasteiger partial charge in [0.05, 0.1) is 13.0 Å². The molecular weight excluding hydrogens is 235 g/mol. The highest BCUT2D eigenvalue weighted by atomic mass is 19.1. The van der Waals surface area contributed by atoms with Gasteiger partial charge in [-0.2, -0.15) is 0 Å². The summed E-state index contributed by atoms with van der Waals surface area (Å²) in [6.07, 6.45) is 0.855. The molecule has 0 aliphatic rings. The van der Waals surface area contributed by atoms with Gasteiger partial charge in [0.25, 0.3) is 0 Å². The van der Waals surface area contributed by atoms with E-state index in [2.05, 4.69) is 5.32 Å². The fourth-order valence-electron chi connectivity index (χ4n) is 1.52. The number of nitrogens with one attached hydrogen (secondary N) is 1. The molecule has 0 aliphatic carbocycles. The summed E-state index contributed by atoms with van der Waals surface area (Å²) >= 11 is 0. The maximum absolute atomic E-state index is 13.6. The summed E-state index contributed by atoms with van der Waals surface area (Å²) in [7, 11) is 0. The van der Waals surface area contributed by atoms with Crippen LogP contribution in [0.5, 0.6) is 5.75 Å². The van der Waals surface area contributed by atoms with E-state index in [1.165, 1.54) is 6.07 Å². The summed E-state index contributed by atoms with van der Waals surface area (Å²) in [5.74, 6) is -0.352. The molecule has 18 heavy (non-hydrogen) atoms. The van der Waals surface area contributed by atoms with Crippen molar-refractivity contribution in [3.05, 3.63) is 29.6 Å². The monoisotopic (exact) mass is 254 g/mol. The van der Waals surface area contributed by atoms with Crippen LogP contribution >= 0.6 is 0 Å². The SMILES string of the molecule is CCNC(=O)CCOc1ccc(CCN)cc1F. The van der Waals surface area contributed by atoms with Crippen LogP contribution in [-0.2, 0) is 11.2 Å². The average Bonchev–Trinajstić information content (AvgIpc) is 2.33. The molecule has 3 N–H and O–H groups in total. The fraction of sp³-hybridized carbons (Fsp3) is 0.462. The molecule has 4 nitrogen and oxygen atoms in total. The lowest BCUT2D eigenvalue weighted by Gasteiger charge is -2.08. The highest BCUT2D eigenvalue weighted by Crippen LogP contribution is 2.18. The molecule has 100 valence electrons. The van der Waals surface area contributed by atoms with Crippen molar-refractivity contribution < 1.29 is 13.9 Å². The number of hydrogen-bond acceptors (Lipinski definition) is 3. The zero-order chi connectivity index (χ0) is 13.4. The van der Waals surface area contributed by atoms with E-state index in [1.807, 2.05) is 6.92 Å². The van der Waals surface area contributed by atoms with Crippen LogP contribution in [0.1, 0.15) is 18.9 Å². The molecule has 0 spiro atoms. The van der Waals surface area contributed by atoms with Gasteiger partial charge in [-0.3, -0.25) is 4.79 Å². The highest BCUT2D eigenvalue weighted by molar-refractivity contribution is 5.75. The topological polar surface area (TPSA) is 64.3 Å². The van der Waals surface area contributed by atoms with Gasteiger partial charge in [-0.25, -0.2) is 4.39 Å². The van der Waals surface area contributed by atoms with Gasteiger partial charge in [0.2, 0.25) is 5.91 Å². The van der Waals surface area contributed by atoms with Crippen LogP contribution < -0.4 is 15.8 Å². The average molecular weight is 254 g/mol. The Morgan fingerprint density at radius 2 is 2.28 bits per heavy atom. The maximum Gasteiger partial charge on any atom is 0.223 e. The molecule has 0 radical (unpaired) electrons. The van der Waals surface area contributed by atoms with Crippen molar-refractivity contribution >= 4 is 5.91 Å². The first kappa shape index (κ1) is 14.4. The van der Waals surface area contributed by atoms with Crippen molar-refractivity contribution in [2.45, 2.75) is 19.8 Å². The second-order valence-electron chi connectivity index (χ2n) is 3.86. The van der Waals surface area contributed by atoms with Crippen molar-refractivity contribution in [3.8, 4) is 5.75 Å². The summed E-state index contributed by atoms with van der Waals surface area (Å²) in [6, 6.07) is 4.75. The minimum atomic E-state index is -0.420. The molecule has 1 rings (SSSR count). The third-order valence-corrected chi connectivity index (χ3v) is 2.39. The molecule has 0 aromatic heterocycles. The molecule has 5 heteroatoms. The van der Waals surface area contributed by atoms with E-state index in [9.17, 15) is 9.18 Å². The number of hydrogen-bond donors (Lipinski definition) is 2. The van der Waals surface area contributed by atoms with E-state index in [0.717, 1.165) is 5.56 Å². The van der Waals surface area contributed by atoms with Crippen LogP contribution in [0.2, 0.25) is 0 Å². The van der Waals surface area contributed by atoms with Crippen LogP contribution in [-0.4, -0.2) is 25.6 Å². The number of benzene rings is 1. The predicted molar refractivity (Wildman–Crippen MR) is 68.0 cm³/mol. The third-order valence-electron chi connectivity index (χ3n) is 2.39. The summed E-state index contributed by atoms with van der Waals surface area (Å²) in [4.78, 5) is 11.2. The Morgan fingerprint density at radius 1 is 1.50 bits per heavy atom. The molecule has 0 fully saturated rings. The van der Waals surface area contributed by atoms with Crippen molar-refractivity contribution in [2.75, 3.05) is 19.7 Å². The molecule has 1 amide bonds. The quantitative estimate of drug-likeness (QED) is 0.769. The van der Waals surface area contributed by atoms with Crippen molar-refractivity contribution in [2.24, 2.45) is 5.73 Å². The number of carbonyl (C=O) groups excluding carboxylic acids is 1. The number of carbonyl (C=O) groups is 1. The fourth-order valence-corrected chi connectivity index (χ4v) is 1.52. The van der Waals surface area contributed by atoms with Crippen LogP contribution in [0.15, 0.2) is 18.2 Å². The number of halogens is 1. The molecule has 0 saturated carbocycles. The van der Waals surface area contributed by atoms with Gasteiger partial charge in [-0.15, -0.1) is 0 Å². The Bertz CT molecular complexity index is 397. The Kier molecular flexibility index (Phi) is 6.14. The lowest BCUT2D eigenvalue weighted by atomic mass is 10.1. The standard InChI is InChI=1S/C13H19FN2O2/c1-2-16-13(17)6-8-18-12-4-3-10(5-7-15)9-11(12)14/h3-4,9H,2,5-8,15H2,1H3,(H,16,17). The first-order valence-corrected chi connectivity index (χ1v) is 6.05. The van der Waals surface area contributed by atoms with E-state index in [4.69, 9.17) is 10.5 Å². The van der Waals surface area contributed by atoms with Gasteiger partial charge < -0.3 is 15.8 Å². The molecule has 1 aromatic carbocycles. The third kappa shape index (κ3) is 4.71. The Balaban J connectivity index is 2.45. The first-order valence-electron chi connectivity index (χ1n) is 6.05. The largest absolute Gasteiger partial charge is 0.490 e. The molecule has 0 saturated heterocycles. The van der Waals surface area contributed by atoms with Gasteiger partial charge in [-0.05, 0) is 37.6 Å². The molecule has 0 heterocycles. The molecule has 0 bridgehead atoms. The number of ether oxygens (including phenoxy) is 1. The first-order chi connectivity index (χ1) is 8.67. The van der Waals surface area contributed by atoms with Crippen molar-refractivity contribution in [1.82, 2.24) is 5.32 Å². The van der Waals surface area contributed by atoms with E-state index >= 15 is 0 Å². The number of amides is 1. The summed E-state index contributed by atoms with van der Waals surface area (Å²) in [5.41, 5.74) is 6.23. The minimum Gasteiger partial charge on any atom is -0.490 e. The summed E-state index contributed by atoms with van der Waals surface area (Å²) in [6.45, 7) is 3.07. The Morgan fingerprint density at radius 3 is 2.89 bits per heavy atom. The molecule has 0 atom stereocenters. The number of nitrogens with two attached hydrogens (primary N) is 1. The van der Waals surface area contributed by atoms with E-state index in [1.54, 1.807) is 12.1 Å². The lowest BCUT2D eigenvalue weighted by Crippen LogP contribution is -2.24. The Labute approximate surface area is 106 Å². The Hall–Kier alpha value is -1.62. The molecule has 1 aromatic rings. The zero-order valence-corrected chi connectivity index (χ0v) is 10.5.